The molecule has 1 saturated heterocycles. The second kappa shape index (κ2) is 12.0. The van der Waals surface area contributed by atoms with E-state index in [-0.39, 0.29) is 43.0 Å². The van der Waals surface area contributed by atoms with E-state index < -0.39 is 11.9 Å². The maximum absolute atomic E-state index is 12.4. The molecular formula is C32H36N4O6. The van der Waals surface area contributed by atoms with E-state index in [1.165, 1.54) is 6.08 Å². The van der Waals surface area contributed by atoms with Gasteiger partial charge in [-0.2, -0.15) is 0 Å². The summed E-state index contributed by atoms with van der Waals surface area (Å²) in [5.74, 6) is -2.55. The first-order chi connectivity index (χ1) is 19.9. The molecule has 0 aliphatic carbocycles. The van der Waals surface area contributed by atoms with Crippen LogP contribution in [0.15, 0.2) is 40.4 Å². The van der Waals surface area contributed by atoms with Crippen LogP contribution in [0, 0.1) is 19.8 Å². The Bertz CT molecular complexity index is 1730. The van der Waals surface area contributed by atoms with Crippen molar-refractivity contribution >= 4 is 41.6 Å². The number of nitrogens with zero attached hydrogens (tertiary/aromatic N) is 1. The zero-order valence-electron chi connectivity index (χ0n) is 24.5. The molecule has 0 saturated carbocycles. The summed E-state index contributed by atoms with van der Waals surface area (Å²) in [6, 6.07) is -0.182. The molecule has 2 amide bonds. The highest BCUT2D eigenvalue weighted by Gasteiger charge is 2.34. The van der Waals surface area contributed by atoms with Crippen molar-refractivity contribution in [1.29, 1.82) is 0 Å². The van der Waals surface area contributed by atoms with Gasteiger partial charge < -0.3 is 25.5 Å². The van der Waals surface area contributed by atoms with Crippen molar-refractivity contribution in [1.82, 2.24) is 15.3 Å². The number of aliphatic imine (C=N–C) groups is 1. The molecule has 2 atom stereocenters. The average molecular weight is 573 g/mol. The maximum Gasteiger partial charge on any atom is 0.307 e. The summed E-state index contributed by atoms with van der Waals surface area (Å²) in [6.45, 7) is 13.0. The third-order valence-electron chi connectivity index (χ3n) is 8.25. The van der Waals surface area contributed by atoms with E-state index in [4.69, 9.17) is 0 Å². The lowest BCUT2D eigenvalue weighted by atomic mass is 9.94. The van der Waals surface area contributed by atoms with Gasteiger partial charge in [0.25, 0.3) is 5.91 Å². The van der Waals surface area contributed by atoms with E-state index in [0.29, 0.717) is 50.8 Å². The minimum absolute atomic E-state index is 0.0296. The Hall–Kier alpha value is -4.73. The number of hydrogen-bond acceptors (Lipinski definition) is 4. The van der Waals surface area contributed by atoms with Crippen LogP contribution in [0.4, 0.5) is 0 Å². The highest BCUT2D eigenvalue weighted by atomic mass is 16.4. The average Bonchev–Trinajstić information content (AvgIpc) is 3.56. The number of amides is 2. The molecule has 2 unspecified atom stereocenters. The molecule has 2 aromatic rings. The van der Waals surface area contributed by atoms with Gasteiger partial charge in [0.2, 0.25) is 5.91 Å². The summed E-state index contributed by atoms with van der Waals surface area (Å²) >= 11 is 0. The molecule has 4 rings (SSSR count). The number of rotatable bonds is 10. The molecule has 1 fully saturated rings. The summed E-state index contributed by atoms with van der Waals surface area (Å²) in [4.78, 5) is 58.8. The van der Waals surface area contributed by atoms with E-state index in [0.717, 1.165) is 22.4 Å². The third kappa shape index (κ3) is 5.83. The normalized spacial score (nSPS) is 20.6. The smallest absolute Gasteiger partial charge is 0.307 e. The Morgan fingerprint density at radius 3 is 2.31 bits per heavy atom. The lowest BCUT2D eigenvalue weighted by Crippen LogP contribution is -2.28. The predicted octanol–water partition coefficient (Wildman–Crippen LogP) is 2.32. The van der Waals surface area contributed by atoms with E-state index in [1.807, 2.05) is 39.8 Å². The van der Waals surface area contributed by atoms with Gasteiger partial charge in [0.05, 0.1) is 24.1 Å². The van der Waals surface area contributed by atoms with Gasteiger partial charge in [-0.25, -0.2) is 4.99 Å². The first-order valence-electron chi connectivity index (χ1n) is 13.8. The molecule has 0 spiro atoms. The molecule has 4 heterocycles. The fourth-order valence-electron chi connectivity index (χ4n) is 5.79. The van der Waals surface area contributed by atoms with Crippen LogP contribution in [0.2, 0.25) is 0 Å². The van der Waals surface area contributed by atoms with Crippen LogP contribution in [-0.4, -0.2) is 55.7 Å². The van der Waals surface area contributed by atoms with Crippen LogP contribution in [0.3, 0.4) is 0 Å². The van der Waals surface area contributed by atoms with E-state index in [1.54, 1.807) is 13.0 Å². The quantitative estimate of drug-likeness (QED) is 0.274. The van der Waals surface area contributed by atoms with Gasteiger partial charge in [0.1, 0.15) is 0 Å². The Labute approximate surface area is 243 Å². The zero-order chi connectivity index (χ0) is 30.9. The Morgan fingerprint density at radius 2 is 1.71 bits per heavy atom. The fourth-order valence-corrected chi connectivity index (χ4v) is 5.79. The van der Waals surface area contributed by atoms with Crippen LogP contribution >= 0.6 is 0 Å². The molecule has 0 bridgehead atoms. The minimum Gasteiger partial charge on any atom is -0.481 e. The number of aliphatic carboxylic acids is 2. The zero-order valence-corrected chi connectivity index (χ0v) is 24.5. The largest absolute Gasteiger partial charge is 0.481 e. The standard InChI is InChI=1S/C32H36N4O6/c1-7-19-18(6)31(41)36-26(19)13-24-16(4)21(9-10-29(37)38)27(33-24)14-28-22(11-30(39)40)17(5)23(34-28)12-25-15(3)20(8-2)32(42)35-25/h7-8,12,14,18,26,33-34H,2,9-11,13H2,1,3-6H3,(H,36,41)(H,37,38)(H,39,40)/b19-7+,23-12+,28-14-. The fraction of sp³-hybridized carbons (Fsp3) is 0.344. The van der Waals surface area contributed by atoms with Crippen LogP contribution in [0.5, 0.6) is 0 Å². The van der Waals surface area contributed by atoms with Gasteiger partial charge in [-0.1, -0.05) is 18.7 Å². The molecule has 0 radical (unpaired) electrons. The molecule has 2 aliphatic heterocycles. The van der Waals surface area contributed by atoms with E-state index in [9.17, 15) is 29.4 Å². The number of carbonyl (C=O) groups excluding carboxylic acids is 2. The SMILES string of the molecule is C=CC1=C(C)C(/C=c2/[nH]/c(=C\c3[nH]c(CC4NC(=O)C(C)/C4=C\C)c(C)c3CCC(=O)O)c(CC(=O)O)c2C)=NC1=O. The number of allylic oxidation sites excluding steroid dienone is 2. The molecule has 10 nitrogen and oxygen atoms in total. The van der Waals surface area contributed by atoms with Crippen molar-refractivity contribution in [2.45, 2.75) is 66.3 Å². The highest BCUT2D eigenvalue weighted by Crippen LogP contribution is 2.28. The van der Waals surface area contributed by atoms with Crippen molar-refractivity contribution < 1.29 is 29.4 Å². The van der Waals surface area contributed by atoms with Gasteiger partial charge in [-0.15, -0.1) is 0 Å². The number of carbonyl (C=O) groups is 4. The Balaban J connectivity index is 1.86. The molecule has 42 heavy (non-hydrogen) atoms. The van der Waals surface area contributed by atoms with Crippen molar-refractivity contribution in [3.63, 3.8) is 0 Å². The first-order valence-corrected chi connectivity index (χ1v) is 13.8. The van der Waals surface area contributed by atoms with Gasteiger partial charge in [0.15, 0.2) is 0 Å². The predicted molar refractivity (Wildman–Crippen MR) is 160 cm³/mol. The first kappa shape index (κ1) is 30.2. The van der Waals surface area contributed by atoms with Crippen LogP contribution in [-0.2, 0) is 38.4 Å². The third-order valence-corrected chi connectivity index (χ3v) is 8.25. The van der Waals surface area contributed by atoms with Gasteiger partial charge in [-0.05, 0) is 86.6 Å². The van der Waals surface area contributed by atoms with Crippen molar-refractivity contribution in [2.24, 2.45) is 10.9 Å². The number of aromatic nitrogens is 2. The number of carboxylic acid groups (broad SMARTS) is 2. The molecule has 220 valence electrons. The monoisotopic (exact) mass is 572 g/mol. The second-order valence-corrected chi connectivity index (χ2v) is 10.8. The Kier molecular flexibility index (Phi) is 8.65. The Morgan fingerprint density at radius 1 is 1.00 bits per heavy atom. The molecule has 0 aromatic carbocycles. The topological polar surface area (TPSA) is 165 Å². The summed E-state index contributed by atoms with van der Waals surface area (Å²) in [6.07, 6.45) is 7.42. The summed E-state index contributed by atoms with van der Waals surface area (Å²) in [5.41, 5.74) is 7.10. The lowest BCUT2D eigenvalue weighted by molar-refractivity contribution is -0.137. The van der Waals surface area contributed by atoms with E-state index >= 15 is 0 Å². The van der Waals surface area contributed by atoms with Crippen molar-refractivity contribution in [3.8, 4) is 0 Å². The van der Waals surface area contributed by atoms with E-state index in [2.05, 4.69) is 26.9 Å². The summed E-state index contributed by atoms with van der Waals surface area (Å²) in [7, 11) is 0. The number of aromatic amines is 2. The van der Waals surface area contributed by atoms with Crippen LogP contribution in [0.25, 0.3) is 12.2 Å². The van der Waals surface area contributed by atoms with Crippen molar-refractivity contribution in [2.75, 3.05) is 0 Å². The van der Waals surface area contributed by atoms with Gasteiger partial charge in [-0.3, -0.25) is 19.2 Å². The molecule has 2 aromatic heterocycles. The molecule has 5 N–H and O–H groups in total. The van der Waals surface area contributed by atoms with Crippen molar-refractivity contribution in [3.05, 3.63) is 79.8 Å². The van der Waals surface area contributed by atoms with Gasteiger partial charge >= 0.3 is 11.9 Å². The number of H-pyrrole nitrogens is 2. The number of hydrogen-bond donors (Lipinski definition) is 5. The van der Waals surface area contributed by atoms with Crippen LogP contribution < -0.4 is 16.0 Å². The molecular weight excluding hydrogens is 536 g/mol. The lowest BCUT2D eigenvalue weighted by Gasteiger charge is -2.13. The minimum atomic E-state index is -1.00. The van der Waals surface area contributed by atoms with Crippen LogP contribution in [0.1, 0.15) is 60.8 Å². The second-order valence-electron chi connectivity index (χ2n) is 10.8. The molecule has 10 heteroatoms. The molecule has 2 aliphatic rings. The highest BCUT2D eigenvalue weighted by molar-refractivity contribution is 6.31. The summed E-state index contributed by atoms with van der Waals surface area (Å²) in [5, 5.41) is 23.3. The maximum atomic E-state index is 12.4. The summed E-state index contributed by atoms with van der Waals surface area (Å²) < 4.78 is 0. The number of carboxylic acids is 2. The van der Waals surface area contributed by atoms with Gasteiger partial charge in [0, 0.05) is 40.5 Å². The number of nitrogens with one attached hydrogen (secondary N) is 3.